The van der Waals surface area contributed by atoms with Crippen molar-refractivity contribution < 1.29 is 19.4 Å². The highest BCUT2D eigenvalue weighted by molar-refractivity contribution is 5.98. The minimum atomic E-state index is -1.08. The maximum absolute atomic E-state index is 13.0. The van der Waals surface area contributed by atoms with Crippen LogP contribution in [0.4, 0.5) is 0 Å². The number of aliphatic carboxylic acids is 1. The van der Waals surface area contributed by atoms with Crippen LogP contribution >= 0.6 is 0 Å². The smallest absolute Gasteiger partial charge is 0.335 e. The van der Waals surface area contributed by atoms with Crippen LogP contribution in [0.2, 0.25) is 0 Å². The molecular weight excluding hydrogens is 316 g/mol. The van der Waals surface area contributed by atoms with Crippen molar-refractivity contribution in [1.29, 1.82) is 0 Å². The fraction of sp³-hybridized carbons (Fsp3) is 0.810. The van der Waals surface area contributed by atoms with Gasteiger partial charge in [0, 0.05) is 0 Å². The van der Waals surface area contributed by atoms with Gasteiger partial charge in [-0.3, -0.25) is 4.79 Å². The lowest BCUT2D eigenvalue weighted by Gasteiger charge is -2.34. The first-order valence-electron chi connectivity index (χ1n) is 10.2. The van der Waals surface area contributed by atoms with Crippen molar-refractivity contribution in [2.45, 2.75) is 97.8 Å². The van der Waals surface area contributed by atoms with Crippen LogP contribution in [0.3, 0.4) is 0 Å². The zero-order chi connectivity index (χ0) is 18.7. The van der Waals surface area contributed by atoms with Crippen molar-refractivity contribution in [3.05, 3.63) is 11.1 Å². The number of carboxylic acid groups (broad SMARTS) is 1. The zero-order valence-corrected chi connectivity index (χ0v) is 16.4. The highest BCUT2D eigenvalue weighted by Crippen LogP contribution is 2.43. The van der Waals surface area contributed by atoms with E-state index in [1.54, 1.807) is 0 Å². The first kappa shape index (κ1) is 21.7. The van der Waals surface area contributed by atoms with Crippen molar-refractivity contribution in [3.8, 4) is 0 Å². The minimum Gasteiger partial charge on any atom is -0.481 e. The molecule has 1 fully saturated rings. The molecule has 0 aromatic carbocycles. The maximum atomic E-state index is 13.0. The Morgan fingerprint density at radius 1 is 0.960 bits per heavy atom. The van der Waals surface area contributed by atoms with Gasteiger partial charge in [-0.25, -0.2) is 4.79 Å². The van der Waals surface area contributed by atoms with Gasteiger partial charge in [-0.1, -0.05) is 58.4 Å². The summed E-state index contributed by atoms with van der Waals surface area (Å²) in [5, 5.41) is 10.2. The maximum Gasteiger partial charge on any atom is 0.335 e. The summed E-state index contributed by atoms with van der Waals surface area (Å²) in [7, 11) is 0. The summed E-state index contributed by atoms with van der Waals surface area (Å²) < 4.78 is 5.52. The topological polar surface area (TPSA) is 63.6 Å². The molecule has 25 heavy (non-hydrogen) atoms. The van der Waals surface area contributed by atoms with Crippen molar-refractivity contribution in [2.75, 3.05) is 6.61 Å². The molecule has 0 heterocycles. The largest absolute Gasteiger partial charge is 0.481 e. The molecule has 144 valence electrons. The van der Waals surface area contributed by atoms with Gasteiger partial charge in [0.05, 0.1) is 17.6 Å². The van der Waals surface area contributed by atoms with Crippen LogP contribution in [0.1, 0.15) is 97.8 Å². The van der Waals surface area contributed by atoms with E-state index in [-0.39, 0.29) is 5.97 Å². The molecule has 1 unspecified atom stereocenters. The third-order valence-corrected chi connectivity index (χ3v) is 5.27. The summed E-state index contributed by atoms with van der Waals surface area (Å²) in [6.45, 7) is 6.48. The molecule has 1 aliphatic carbocycles. The van der Waals surface area contributed by atoms with Gasteiger partial charge < -0.3 is 9.84 Å². The van der Waals surface area contributed by atoms with E-state index in [4.69, 9.17) is 4.74 Å². The lowest BCUT2D eigenvalue weighted by molar-refractivity contribution is -0.153. The Balaban J connectivity index is 3.31. The van der Waals surface area contributed by atoms with E-state index in [2.05, 4.69) is 6.92 Å². The Kier molecular flexibility index (Phi) is 9.84. The Bertz CT molecular complexity index is 459. The van der Waals surface area contributed by atoms with E-state index in [1.807, 2.05) is 13.8 Å². The van der Waals surface area contributed by atoms with E-state index in [9.17, 15) is 14.7 Å². The molecule has 4 heteroatoms. The Morgan fingerprint density at radius 2 is 1.60 bits per heavy atom. The number of hydrogen-bond donors (Lipinski definition) is 1. The first-order valence-corrected chi connectivity index (χ1v) is 10.2. The number of carbonyl (C=O) groups is 2. The SMILES string of the molecule is CCCCOC(=O)C(=C1CCCCC1)C(CCC)(CCCC)C(=O)O. The van der Waals surface area contributed by atoms with Gasteiger partial charge in [0.2, 0.25) is 0 Å². The van der Waals surface area contributed by atoms with Crippen LogP contribution in [-0.2, 0) is 14.3 Å². The molecule has 0 aromatic heterocycles. The monoisotopic (exact) mass is 352 g/mol. The Labute approximate surface area is 153 Å². The third kappa shape index (κ3) is 5.86. The molecular formula is C21H36O4. The fourth-order valence-corrected chi connectivity index (χ4v) is 3.89. The molecule has 0 bridgehead atoms. The molecule has 1 N–H and O–H groups in total. The number of ether oxygens (including phenoxy) is 1. The van der Waals surface area contributed by atoms with Crippen LogP contribution in [0.5, 0.6) is 0 Å². The molecule has 0 spiro atoms. The van der Waals surface area contributed by atoms with Crippen LogP contribution in [0.25, 0.3) is 0 Å². The van der Waals surface area contributed by atoms with Crippen molar-refractivity contribution in [2.24, 2.45) is 5.41 Å². The summed E-state index contributed by atoms with van der Waals surface area (Å²) in [5.74, 6) is -1.24. The molecule has 0 radical (unpaired) electrons. The molecule has 0 aliphatic heterocycles. The molecule has 1 aliphatic rings. The number of carboxylic acids is 1. The predicted octanol–water partition coefficient (Wildman–Crippen LogP) is 5.65. The number of rotatable bonds is 11. The average Bonchev–Trinajstić information content (AvgIpc) is 2.60. The summed E-state index contributed by atoms with van der Waals surface area (Å²) >= 11 is 0. The summed E-state index contributed by atoms with van der Waals surface area (Å²) in [6.07, 6.45) is 10.2. The number of esters is 1. The predicted molar refractivity (Wildman–Crippen MR) is 100 cm³/mol. The quantitative estimate of drug-likeness (QED) is 0.296. The van der Waals surface area contributed by atoms with E-state index in [0.29, 0.717) is 25.0 Å². The van der Waals surface area contributed by atoms with Gasteiger partial charge in [0.15, 0.2) is 0 Å². The number of unbranched alkanes of at least 4 members (excludes halogenated alkanes) is 2. The normalized spacial score (nSPS) is 17.0. The lowest BCUT2D eigenvalue weighted by atomic mass is 9.69. The molecule has 1 saturated carbocycles. The second kappa shape index (κ2) is 11.3. The van der Waals surface area contributed by atoms with Crippen LogP contribution < -0.4 is 0 Å². The molecule has 0 amide bonds. The average molecular weight is 353 g/mol. The van der Waals surface area contributed by atoms with Gasteiger partial charge in [-0.15, -0.1) is 0 Å². The minimum absolute atomic E-state index is 0.377. The summed E-state index contributed by atoms with van der Waals surface area (Å²) in [5.41, 5.74) is 0.451. The summed E-state index contributed by atoms with van der Waals surface area (Å²) in [6, 6.07) is 0. The first-order chi connectivity index (χ1) is 12.0. The van der Waals surface area contributed by atoms with Gasteiger partial charge in [0.1, 0.15) is 0 Å². The van der Waals surface area contributed by atoms with E-state index < -0.39 is 11.4 Å². The molecule has 1 rings (SSSR count). The molecule has 0 saturated heterocycles. The molecule has 1 atom stereocenters. The lowest BCUT2D eigenvalue weighted by Crippen LogP contribution is -2.38. The number of carbonyl (C=O) groups excluding carboxylic acids is 1. The van der Waals surface area contributed by atoms with Crippen molar-refractivity contribution >= 4 is 11.9 Å². The van der Waals surface area contributed by atoms with E-state index in [1.165, 1.54) is 0 Å². The third-order valence-electron chi connectivity index (χ3n) is 5.27. The zero-order valence-electron chi connectivity index (χ0n) is 16.4. The van der Waals surface area contributed by atoms with Crippen LogP contribution in [-0.4, -0.2) is 23.7 Å². The van der Waals surface area contributed by atoms with Crippen molar-refractivity contribution in [3.63, 3.8) is 0 Å². The van der Waals surface area contributed by atoms with Crippen LogP contribution in [0.15, 0.2) is 11.1 Å². The summed E-state index contributed by atoms with van der Waals surface area (Å²) in [4.78, 5) is 25.4. The van der Waals surface area contributed by atoms with Crippen LogP contribution in [0, 0.1) is 5.41 Å². The fourth-order valence-electron chi connectivity index (χ4n) is 3.89. The van der Waals surface area contributed by atoms with Gasteiger partial charge in [-0.2, -0.15) is 0 Å². The standard InChI is InChI=1S/C21H36O4/c1-4-7-15-21(14-6-3,20(23)24)18(17-12-10-9-11-13-17)19(22)25-16-8-5-2/h4-16H2,1-3H3,(H,23,24). The number of allylic oxidation sites excluding steroid dienone is 1. The number of hydrogen-bond acceptors (Lipinski definition) is 3. The Morgan fingerprint density at radius 3 is 2.12 bits per heavy atom. The van der Waals surface area contributed by atoms with Gasteiger partial charge >= 0.3 is 11.9 Å². The Hall–Kier alpha value is -1.32. The van der Waals surface area contributed by atoms with E-state index >= 15 is 0 Å². The molecule has 4 nitrogen and oxygen atoms in total. The van der Waals surface area contributed by atoms with Crippen molar-refractivity contribution in [1.82, 2.24) is 0 Å². The van der Waals surface area contributed by atoms with E-state index in [0.717, 1.165) is 69.8 Å². The second-order valence-electron chi connectivity index (χ2n) is 7.27. The highest BCUT2D eigenvalue weighted by Gasteiger charge is 2.46. The molecule has 0 aromatic rings. The van der Waals surface area contributed by atoms with Gasteiger partial charge in [0.25, 0.3) is 0 Å². The van der Waals surface area contributed by atoms with Gasteiger partial charge in [-0.05, 0) is 44.9 Å². The highest BCUT2D eigenvalue weighted by atomic mass is 16.5. The second-order valence-corrected chi connectivity index (χ2v) is 7.27.